The van der Waals surface area contributed by atoms with E-state index >= 15 is 0 Å². The van der Waals surface area contributed by atoms with Crippen molar-refractivity contribution in [3.05, 3.63) is 23.4 Å². The number of likely N-dealkylation sites (N-methyl/N-ethyl adjacent to an activating group) is 2. The number of hydrogen-bond acceptors (Lipinski definition) is 4. The van der Waals surface area contributed by atoms with Crippen molar-refractivity contribution in [3.63, 3.8) is 0 Å². The molecule has 2 N–H and O–H groups in total. The van der Waals surface area contributed by atoms with Crippen LogP contribution in [0.4, 0.5) is 5.82 Å². The van der Waals surface area contributed by atoms with Gasteiger partial charge in [-0.2, -0.15) is 0 Å². The average molecular weight is 276 g/mol. The highest BCUT2D eigenvalue weighted by molar-refractivity contribution is 5.47. The van der Waals surface area contributed by atoms with Crippen LogP contribution in [-0.4, -0.2) is 49.7 Å². The van der Waals surface area contributed by atoms with Gasteiger partial charge in [-0.3, -0.25) is 0 Å². The van der Waals surface area contributed by atoms with Gasteiger partial charge in [-0.05, 0) is 64.4 Å². The summed E-state index contributed by atoms with van der Waals surface area (Å²) in [7, 11) is 6.54. The fraction of sp³-hybridized carbons (Fsp3) is 0.688. The zero-order chi connectivity index (χ0) is 14.8. The van der Waals surface area contributed by atoms with E-state index in [1.807, 2.05) is 6.20 Å². The topological polar surface area (TPSA) is 45.4 Å². The van der Waals surface area contributed by atoms with Crippen LogP contribution in [0.25, 0.3) is 0 Å². The monoisotopic (exact) mass is 276 g/mol. The fourth-order valence-electron chi connectivity index (χ4n) is 3.18. The van der Waals surface area contributed by atoms with Crippen molar-refractivity contribution in [2.75, 3.05) is 39.1 Å². The van der Waals surface area contributed by atoms with Crippen LogP contribution in [0.15, 0.2) is 12.3 Å². The summed E-state index contributed by atoms with van der Waals surface area (Å²) in [4.78, 5) is 9.34. The van der Waals surface area contributed by atoms with E-state index in [4.69, 9.17) is 5.73 Å². The number of nitrogens with two attached hydrogens (primary N) is 1. The molecule has 2 rings (SSSR count). The normalized spacial score (nSPS) is 17.1. The average Bonchev–Trinajstić information content (AvgIpc) is 2.33. The summed E-state index contributed by atoms with van der Waals surface area (Å²) >= 11 is 0. The van der Waals surface area contributed by atoms with Gasteiger partial charge in [0.15, 0.2) is 0 Å². The Morgan fingerprint density at radius 2 is 2.00 bits per heavy atom. The van der Waals surface area contributed by atoms with Gasteiger partial charge in [-0.25, -0.2) is 4.98 Å². The number of hydrogen-bond donors (Lipinski definition) is 1. The molecule has 0 bridgehead atoms. The number of aromatic nitrogens is 1. The summed E-state index contributed by atoms with van der Waals surface area (Å²) in [6.45, 7) is 3.87. The lowest BCUT2D eigenvalue weighted by Crippen LogP contribution is -2.57. The summed E-state index contributed by atoms with van der Waals surface area (Å²) in [6, 6.07) is 2.22. The van der Waals surface area contributed by atoms with E-state index in [0.29, 0.717) is 12.1 Å². The SMILES string of the molecule is Cc1cc(CCN)cnc1N(C)CC1(N(C)C)CCC1. The van der Waals surface area contributed by atoms with Crippen LogP contribution >= 0.6 is 0 Å². The van der Waals surface area contributed by atoms with Gasteiger partial charge in [-0.15, -0.1) is 0 Å². The Bertz CT molecular complexity index is 452. The Morgan fingerprint density at radius 1 is 1.30 bits per heavy atom. The Labute approximate surface area is 123 Å². The molecule has 0 unspecified atom stereocenters. The van der Waals surface area contributed by atoms with Gasteiger partial charge in [0, 0.05) is 25.3 Å². The molecule has 0 amide bonds. The van der Waals surface area contributed by atoms with E-state index in [1.54, 1.807) is 0 Å². The second-order valence-electron chi connectivity index (χ2n) is 6.35. The van der Waals surface area contributed by atoms with E-state index < -0.39 is 0 Å². The Morgan fingerprint density at radius 3 is 2.45 bits per heavy atom. The zero-order valence-corrected chi connectivity index (χ0v) is 13.3. The Kier molecular flexibility index (Phi) is 4.66. The zero-order valence-electron chi connectivity index (χ0n) is 13.3. The lowest BCUT2D eigenvalue weighted by atomic mass is 9.75. The number of aryl methyl sites for hydroxylation is 1. The molecule has 20 heavy (non-hydrogen) atoms. The number of rotatable bonds is 6. The first-order chi connectivity index (χ1) is 9.48. The van der Waals surface area contributed by atoms with Crippen LogP contribution in [0, 0.1) is 6.92 Å². The number of anilines is 1. The molecule has 4 heteroatoms. The van der Waals surface area contributed by atoms with Gasteiger partial charge >= 0.3 is 0 Å². The molecule has 1 saturated carbocycles. The van der Waals surface area contributed by atoms with E-state index in [-0.39, 0.29) is 0 Å². The van der Waals surface area contributed by atoms with Crippen molar-refractivity contribution >= 4 is 5.82 Å². The molecule has 0 saturated heterocycles. The molecule has 1 fully saturated rings. The molecule has 0 aromatic carbocycles. The third kappa shape index (κ3) is 2.96. The highest BCUT2D eigenvalue weighted by Crippen LogP contribution is 2.37. The van der Waals surface area contributed by atoms with Crippen LogP contribution in [0.2, 0.25) is 0 Å². The summed E-state index contributed by atoms with van der Waals surface area (Å²) in [6.07, 6.45) is 6.78. The summed E-state index contributed by atoms with van der Waals surface area (Å²) in [5, 5.41) is 0. The quantitative estimate of drug-likeness (QED) is 0.861. The van der Waals surface area contributed by atoms with Crippen LogP contribution in [-0.2, 0) is 6.42 Å². The summed E-state index contributed by atoms with van der Waals surface area (Å²) in [5.41, 5.74) is 8.41. The van der Waals surface area contributed by atoms with Crippen molar-refractivity contribution < 1.29 is 0 Å². The van der Waals surface area contributed by atoms with E-state index in [0.717, 1.165) is 18.8 Å². The molecule has 0 spiro atoms. The molecule has 112 valence electrons. The Balaban J connectivity index is 2.11. The standard InChI is InChI=1S/C16H28N4/c1-13-10-14(6-9-17)11-18-15(13)20(4)12-16(19(2)3)7-5-8-16/h10-11H,5-9,12,17H2,1-4H3. The van der Waals surface area contributed by atoms with Gasteiger partial charge < -0.3 is 15.5 Å². The van der Waals surface area contributed by atoms with Crippen LogP contribution in [0.1, 0.15) is 30.4 Å². The van der Waals surface area contributed by atoms with Crippen molar-refractivity contribution in [2.24, 2.45) is 5.73 Å². The maximum atomic E-state index is 5.61. The van der Waals surface area contributed by atoms with Crippen LogP contribution < -0.4 is 10.6 Å². The lowest BCUT2D eigenvalue weighted by Gasteiger charge is -2.49. The van der Waals surface area contributed by atoms with E-state index in [2.05, 4.69) is 48.9 Å². The smallest absolute Gasteiger partial charge is 0.131 e. The highest BCUT2D eigenvalue weighted by atomic mass is 15.2. The third-order valence-electron chi connectivity index (χ3n) is 4.67. The molecule has 4 nitrogen and oxygen atoms in total. The van der Waals surface area contributed by atoms with Crippen molar-refractivity contribution in [1.82, 2.24) is 9.88 Å². The predicted molar refractivity (Wildman–Crippen MR) is 85.3 cm³/mol. The molecular formula is C16H28N4. The first-order valence-corrected chi connectivity index (χ1v) is 7.53. The number of nitrogens with zero attached hydrogens (tertiary/aromatic N) is 3. The van der Waals surface area contributed by atoms with E-state index in [9.17, 15) is 0 Å². The second-order valence-corrected chi connectivity index (χ2v) is 6.35. The van der Waals surface area contributed by atoms with Crippen LogP contribution in [0.3, 0.4) is 0 Å². The number of pyridine rings is 1. The largest absolute Gasteiger partial charge is 0.358 e. The Hall–Kier alpha value is -1.13. The van der Waals surface area contributed by atoms with Crippen LogP contribution in [0.5, 0.6) is 0 Å². The maximum absolute atomic E-state index is 5.61. The molecular weight excluding hydrogens is 248 g/mol. The lowest BCUT2D eigenvalue weighted by molar-refractivity contribution is 0.0681. The van der Waals surface area contributed by atoms with Gasteiger partial charge in [0.05, 0.1) is 0 Å². The van der Waals surface area contributed by atoms with E-state index in [1.165, 1.54) is 30.4 Å². The highest BCUT2D eigenvalue weighted by Gasteiger charge is 2.40. The van der Waals surface area contributed by atoms with Gasteiger partial charge in [0.25, 0.3) is 0 Å². The first kappa shape index (κ1) is 15.3. The third-order valence-corrected chi connectivity index (χ3v) is 4.67. The maximum Gasteiger partial charge on any atom is 0.131 e. The summed E-state index contributed by atoms with van der Waals surface area (Å²) < 4.78 is 0. The predicted octanol–water partition coefficient (Wildman–Crippen LogP) is 1.81. The molecule has 1 aliphatic rings. The van der Waals surface area contributed by atoms with Crippen molar-refractivity contribution in [2.45, 2.75) is 38.1 Å². The van der Waals surface area contributed by atoms with Crippen molar-refractivity contribution in [3.8, 4) is 0 Å². The minimum absolute atomic E-state index is 0.332. The molecule has 0 atom stereocenters. The minimum Gasteiger partial charge on any atom is -0.358 e. The molecule has 1 aromatic rings. The molecule has 1 heterocycles. The fourth-order valence-corrected chi connectivity index (χ4v) is 3.18. The second kappa shape index (κ2) is 6.10. The van der Waals surface area contributed by atoms with Gasteiger partial charge in [-0.1, -0.05) is 6.07 Å². The molecule has 1 aromatic heterocycles. The first-order valence-electron chi connectivity index (χ1n) is 7.53. The molecule has 1 aliphatic carbocycles. The minimum atomic E-state index is 0.332. The summed E-state index contributed by atoms with van der Waals surface area (Å²) in [5.74, 6) is 1.10. The molecule has 0 aliphatic heterocycles. The van der Waals surface area contributed by atoms with Crippen molar-refractivity contribution in [1.29, 1.82) is 0 Å². The molecule has 0 radical (unpaired) electrons. The van der Waals surface area contributed by atoms with Gasteiger partial charge in [0.1, 0.15) is 5.82 Å². The van der Waals surface area contributed by atoms with Gasteiger partial charge in [0.2, 0.25) is 0 Å².